The Morgan fingerprint density at radius 2 is 1.95 bits per heavy atom. The average molecular weight is 314 g/mol. The van der Waals surface area contributed by atoms with E-state index in [2.05, 4.69) is 11.9 Å². The second kappa shape index (κ2) is 6.49. The molecule has 4 N–H and O–H groups in total. The van der Waals surface area contributed by atoms with Crippen LogP contribution in [-0.2, 0) is 9.84 Å². The number of aromatic hydroxyl groups is 1. The Labute approximate surface area is 121 Å². The number of sulfone groups is 1. The summed E-state index contributed by atoms with van der Waals surface area (Å²) in [5.41, 5.74) is 5.53. The summed E-state index contributed by atoms with van der Waals surface area (Å²) < 4.78 is 22.6. The van der Waals surface area contributed by atoms with Crippen molar-refractivity contribution in [3.05, 3.63) is 51.9 Å². The van der Waals surface area contributed by atoms with E-state index >= 15 is 0 Å². The molecule has 0 saturated carbocycles. The van der Waals surface area contributed by atoms with Gasteiger partial charge in [-0.15, -0.1) is 0 Å². The number of nitrogens with two attached hydrogens (primary N) is 1. The summed E-state index contributed by atoms with van der Waals surface area (Å²) in [6.45, 7) is 3.56. The first-order valence-corrected chi connectivity index (χ1v) is 8.04. The van der Waals surface area contributed by atoms with Gasteiger partial charge in [0.1, 0.15) is 9.99 Å². The summed E-state index contributed by atoms with van der Waals surface area (Å²) in [6.07, 6.45) is 1.95. The van der Waals surface area contributed by atoms with E-state index in [1.807, 2.05) is 0 Å². The first kappa shape index (κ1) is 16.1. The zero-order chi connectivity index (χ0) is 15.3. The maximum atomic E-state index is 11.8. The van der Waals surface area contributed by atoms with Crippen molar-refractivity contribution in [2.45, 2.75) is 0 Å². The molecular weight excluding hydrogens is 300 g/mol. The average Bonchev–Trinajstić information content (AvgIpc) is 2.35. The molecule has 0 bridgehead atoms. The van der Waals surface area contributed by atoms with Crippen molar-refractivity contribution in [2.75, 3.05) is 6.26 Å². The zero-order valence-corrected chi connectivity index (χ0v) is 12.3. The van der Waals surface area contributed by atoms with Crippen LogP contribution in [-0.4, -0.2) is 25.7 Å². The van der Waals surface area contributed by atoms with Crippen molar-refractivity contribution in [1.82, 2.24) is 5.32 Å². The van der Waals surface area contributed by atoms with E-state index in [0.29, 0.717) is 5.56 Å². The minimum atomic E-state index is -3.46. The molecule has 0 aromatic heterocycles. The number of carbonyl (C=O) groups is 1. The number of thioether (sulfide) groups is 1. The van der Waals surface area contributed by atoms with E-state index < -0.39 is 15.7 Å². The molecule has 0 saturated heterocycles. The molecule has 1 aromatic carbocycles. The maximum absolute atomic E-state index is 11.8. The Balaban J connectivity index is 2.72. The number of amides is 1. The standard InChI is InChI=1S/C12H14N2O4S2/c1-8(19-11(7-13)20(2,17)18)14-12(16)9-3-5-10(15)6-4-9/h3-7,15H,1,13H2,2H3,(H,14,16)/b11-7+. The van der Waals surface area contributed by atoms with Crippen LogP contribution in [0.3, 0.4) is 0 Å². The number of hydrogen-bond donors (Lipinski definition) is 3. The fraction of sp³-hybridized carbons (Fsp3) is 0.0833. The SMILES string of the molecule is C=C(NC(=O)c1ccc(O)cc1)S/C(=C\N)S(C)(=O)=O. The zero-order valence-electron chi connectivity index (χ0n) is 10.7. The van der Waals surface area contributed by atoms with E-state index in [-0.39, 0.29) is 15.0 Å². The van der Waals surface area contributed by atoms with Gasteiger partial charge in [-0.25, -0.2) is 8.42 Å². The van der Waals surface area contributed by atoms with Crippen molar-refractivity contribution in [3.8, 4) is 5.75 Å². The summed E-state index contributed by atoms with van der Waals surface area (Å²) >= 11 is 0.750. The Kier molecular flexibility index (Phi) is 5.23. The second-order valence-electron chi connectivity index (χ2n) is 3.78. The molecule has 0 aliphatic carbocycles. The smallest absolute Gasteiger partial charge is 0.256 e. The predicted molar refractivity (Wildman–Crippen MR) is 79.4 cm³/mol. The van der Waals surface area contributed by atoms with E-state index in [1.165, 1.54) is 24.3 Å². The van der Waals surface area contributed by atoms with Gasteiger partial charge in [-0.3, -0.25) is 4.79 Å². The topological polar surface area (TPSA) is 109 Å². The summed E-state index contributed by atoms with van der Waals surface area (Å²) in [7, 11) is -3.46. The van der Waals surface area contributed by atoms with Gasteiger partial charge < -0.3 is 16.2 Å². The number of carbonyl (C=O) groups excluding carboxylic acids is 1. The van der Waals surface area contributed by atoms with Crippen LogP contribution in [0.15, 0.2) is 46.3 Å². The molecule has 108 valence electrons. The van der Waals surface area contributed by atoms with Crippen LogP contribution in [0.2, 0.25) is 0 Å². The molecule has 0 spiro atoms. The van der Waals surface area contributed by atoms with Gasteiger partial charge >= 0.3 is 0 Å². The number of hydrogen-bond acceptors (Lipinski definition) is 6. The van der Waals surface area contributed by atoms with Crippen LogP contribution in [0.25, 0.3) is 0 Å². The highest BCUT2D eigenvalue weighted by atomic mass is 32.3. The lowest BCUT2D eigenvalue weighted by molar-refractivity contribution is 0.0969. The Morgan fingerprint density at radius 1 is 1.40 bits per heavy atom. The maximum Gasteiger partial charge on any atom is 0.256 e. The van der Waals surface area contributed by atoms with E-state index in [1.54, 1.807) is 0 Å². The Hall–Kier alpha value is -1.93. The quantitative estimate of drug-likeness (QED) is 0.751. The largest absolute Gasteiger partial charge is 0.508 e. The molecule has 0 heterocycles. The van der Waals surface area contributed by atoms with Crippen molar-refractivity contribution in [2.24, 2.45) is 5.73 Å². The molecule has 20 heavy (non-hydrogen) atoms. The monoisotopic (exact) mass is 314 g/mol. The third kappa shape index (κ3) is 4.63. The highest BCUT2D eigenvalue weighted by Crippen LogP contribution is 2.25. The molecule has 1 amide bonds. The summed E-state index contributed by atoms with van der Waals surface area (Å²) in [6, 6.07) is 5.59. The summed E-state index contributed by atoms with van der Waals surface area (Å²) in [5.74, 6) is -0.424. The van der Waals surface area contributed by atoms with Gasteiger partial charge in [-0.2, -0.15) is 0 Å². The fourth-order valence-corrected chi connectivity index (χ4v) is 2.80. The first-order chi connectivity index (χ1) is 9.24. The van der Waals surface area contributed by atoms with Crippen LogP contribution in [0, 0.1) is 0 Å². The van der Waals surface area contributed by atoms with Crippen LogP contribution in [0.5, 0.6) is 5.75 Å². The molecule has 6 nitrogen and oxygen atoms in total. The number of benzene rings is 1. The molecule has 1 rings (SSSR count). The molecular formula is C12H14N2O4S2. The molecule has 0 unspecified atom stereocenters. The lowest BCUT2D eigenvalue weighted by Gasteiger charge is -2.09. The van der Waals surface area contributed by atoms with Crippen LogP contribution >= 0.6 is 11.8 Å². The van der Waals surface area contributed by atoms with Gasteiger partial charge in [0.2, 0.25) is 0 Å². The number of phenolic OH excluding ortho intramolecular Hbond substituents is 1. The van der Waals surface area contributed by atoms with Gasteiger partial charge in [0.05, 0.1) is 5.03 Å². The number of rotatable bonds is 5. The van der Waals surface area contributed by atoms with Gasteiger partial charge in [0.15, 0.2) is 9.84 Å². The Bertz CT molecular complexity index is 649. The molecule has 0 aliphatic rings. The normalized spacial score (nSPS) is 11.9. The third-order valence-corrected chi connectivity index (χ3v) is 4.82. The molecule has 0 atom stereocenters. The van der Waals surface area contributed by atoms with Crippen LogP contribution in [0.1, 0.15) is 10.4 Å². The second-order valence-corrected chi connectivity index (χ2v) is 7.16. The van der Waals surface area contributed by atoms with Crippen molar-refractivity contribution < 1.29 is 18.3 Å². The summed E-state index contributed by atoms with van der Waals surface area (Å²) in [4.78, 5) is 11.8. The highest BCUT2D eigenvalue weighted by Gasteiger charge is 2.15. The van der Waals surface area contributed by atoms with Gasteiger partial charge in [-0.05, 0) is 24.3 Å². The molecule has 0 aliphatic heterocycles. The minimum Gasteiger partial charge on any atom is -0.508 e. The van der Waals surface area contributed by atoms with Crippen molar-refractivity contribution in [3.63, 3.8) is 0 Å². The Morgan fingerprint density at radius 3 is 2.40 bits per heavy atom. The molecule has 8 heteroatoms. The number of nitrogens with one attached hydrogen (secondary N) is 1. The molecule has 0 radical (unpaired) electrons. The van der Waals surface area contributed by atoms with Crippen molar-refractivity contribution >= 4 is 27.5 Å². The lowest BCUT2D eigenvalue weighted by Crippen LogP contribution is -2.21. The van der Waals surface area contributed by atoms with Crippen LogP contribution < -0.4 is 11.1 Å². The van der Waals surface area contributed by atoms with E-state index in [4.69, 9.17) is 10.8 Å². The number of phenols is 1. The third-order valence-electron chi connectivity index (χ3n) is 2.11. The van der Waals surface area contributed by atoms with Crippen molar-refractivity contribution in [1.29, 1.82) is 0 Å². The van der Waals surface area contributed by atoms with Gasteiger partial charge in [0.25, 0.3) is 5.91 Å². The summed E-state index contributed by atoms with van der Waals surface area (Å²) in [5, 5.41) is 11.7. The molecule has 0 fully saturated rings. The predicted octanol–water partition coefficient (Wildman–Crippen LogP) is 1.13. The van der Waals surface area contributed by atoms with Crippen LogP contribution in [0.4, 0.5) is 0 Å². The van der Waals surface area contributed by atoms with Gasteiger partial charge in [-0.1, -0.05) is 18.3 Å². The van der Waals surface area contributed by atoms with E-state index in [0.717, 1.165) is 24.2 Å². The minimum absolute atomic E-state index is 0.0418. The molecule has 1 aromatic rings. The fourth-order valence-electron chi connectivity index (χ4n) is 1.19. The lowest BCUT2D eigenvalue weighted by atomic mass is 10.2. The first-order valence-electron chi connectivity index (χ1n) is 5.33. The highest BCUT2D eigenvalue weighted by molar-refractivity contribution is 8.20. The van der Waals surface area contributed by atoms with E-state index in [9.17, 15) is 13.2 Å². The van der Waals surface area contributed by atoms with Gasteiger partial charge in [0, 0.05) is 18.0 Å².